The number of nitrogens with zero attached hydrogens (tertiary/aromatic N) is 7. The standard InChI is InChI=1S/C30H32F5N7OS2/c1-4-21-16-42(28-26-25(40(3)30(43)39-28)13-10-20(14-36)37-26)22(5-2)15-41(21)27(29-38-24(17-44-29)18-6-7-18)19-8-11-23(12-9-19)45(31,32,33,34)35/h8-13,17-18,21-22,27H,4-7,15-16H2,1-3H3/t21-,22+,27-/m1/s1. The molecule has 0 bridgehead atoms. The molecule has 240 valence electrons. The van der Waals surface area contributed by atoms with Gasteiger partial charge in [-0.15, -0.1) is 11.3 Å². The molecule has 0 spiro atoms. The number of aryl methyl sites for hydroxylation is 1. The summed E-state index contributed by atoms with van der Waals surface area (Å²) in [5, 5.41) is 12.2. The van der Waals surface area contributed by atoms with Gasteiger partial charge in [0, 0.05) is 43.5 Å². The minimum atomic E-state index is -9.85. The second-order valence-electron chi connectivity index (χ2n) is 11.8. The Labute approximate surface area is 260 Å². The smallest absolute Gasteiger partial charge is 0.349 e. The first-order valence-corrected chi connectivity index (χ1v) is 17.5. The molecule has 1 saturated carbocycles. The summed E-state index contributed by atoms with van der Waals surface area (Å²) in [6.45, 7) is 4.82. The van der Waals surface area contributed by atoms with Gasteiger partial charge >= 0.3 is 15.9 Å². The van der Waals surface area contributed by atoms with Gasteiger partial charge in [0.2, 0.25) is 0 Å². The van der Waals surface area contributed by atoms with Crippen molar-refractivity contribution in [3.8, 4) is 6.07 Å². The fourth-order valence-electron chi connectivity index (χ4n) is 6.11. The molecule has 0 radical (unpaired) electrons. The van der Waals surface area contributed by atoms with Gasteiger partial charge in [-0.1, -0.05) is 45.4 Å². The van der Waals surface area contributed by atoms with Crippen LogP contribution in [0, 0.1) is 11.3 Å². The third-order valence-electron chi connectivity index (χ3n) is 8.75. The van der Waals surface area contributed by atoms with Crippen LogP contribution in [-0.4, -0.2) is 49.6 Å². The van der Waals surface area contributed by atoms with Gasteiger partial charge in [-0.3, -0.25) is 9.47 Å². The zero-order chi connectivity index (χ0) is 32.4. The molecule has 1 saturated heterocycles. The average molecular weight is 666 g/mol. The molecule has 3 atom stereocenters. The fourth-order valence-corrected chi connectivity index (χ4v) is 7.80. The predicted octanol–water partition coefficient (Wildman–Crippen LogP) is 7.66. The maximum Gasteiger partial charge on any atom is 0.349 e. The van der Waals surface area contributed by atoms with Gasteiger partial charge in [0.25, 0.3) is 0 Å². The van der Waals surface area contributed by atoms with E-state index in [1.54, 1.807) is 19.2 Å². The predicted molar refractivity (Wildman–Crippen MR) is 165 cm³/mol. The quantitative estimate of drug-likeness (QED) is 0.179. The first kappa shape index (κ1) is 31.4. The summed E-state index contributed by atoms with van der Waals surface area (Å²) in [4.78, 5) is 29.0. The maximum atomic E-state index is 13.6. The van der Waals surface area contributed by atoms with E-state index in [0.717, 1.165) is 30.7 Å². The zero-order valence-corrected chi connectivity index (χ0v) is 26.5. The van der Waals surface area contributed by atoms with Crippen molar-refractivity contribution < 1.29 is 19.4 Å². The Balaban J connectivity index is 1.43. The summed E-state index contributed by atoms with van der Waals surface area (Å²) >= 11 is 1.42. The number of halogens is 5. The van der Waals surface area contributed by atoms with E-state index in [9.17, 15) is 29.5 Å². The van der Waals surface area contributed by atoms with Crippen molar-refractivity contribution >= 4 is 38.4 Å². The molecule has 2 fully saturated rings. The van der Waals surface area contributed by atoms with Crippen molar-refractivity contribution in [2.75, 3.05) is 18.0 Å². The van der Waals surface area contributed by atoms with Gasteiger partial charge in [0.05, 0.1) is 17.3 Å². The highest BCUT2D eigenvalue weighted by molar-refractivity contribution is 8.45. The van der Waals surface area contributed by atoms with Gasteiger partial charge in [-0.25, -0.2) is 14.8 Å². The van der Waals surface area contributed by atoms with Crippen molar-refractivity contribution in [3.05, 3.63) is 74.2 Å². The molecule has 45 heavy (non-hydrogen) atoms. The molecule has 1 aromatic carbocycles. The van der Waals surface area contributed by atoms with Gasteiger partial charge in [-0.2, -0.15) is 10.2 Å². The molecule has 0 unspecified atom stereocenters. The molecule has 8 nitrogen and oxygen atoms in total. The third kappa shape index (κ3) is 6.03. The molecular weight excluding hydrogens is 634 g/mol. The number of benzene rings is 1. The third-order valence-corrected chi connectivity index (χ3v) is 10.8. The van der Waals surface area contributed by atoms with Gasteiger partial charge < -0.3 is 4.90 Å². The van der Waals surface area contributed by atoms with Crippen LogP contribution in [0.4, 0.5) is 25.2 Å². The van der Waals surface area contributed by atoms with Crippen molar-refractivity contribution in [1.29, 1.82) is 5.26 Å². The molecule has 1 aliphatic heterocycles. The molecule has 6 rings (SSSR count). The molecule has 4 heterocycles. The van der Waals surface area contributed by atoms with E-state index in [2.05, 4.69) is 14.9 Å². The normalized spacial score (nSPS) is 21.7. The average Bonchev–Trinajstić information content (AvgIpc) is 3.75. The van der Waals surface area contributed by atoms with Crippen LogP contribution < -0.4 is 10.6 Å². The van der Waals surface area contributed by atoms with Crippen molar-refractivity contribution in [2.24, 2.45) is 7.05 Å². The Kier molecular flexibility index (Phi) is 7.30. The van der Waals surface area contributed by atoms with E-state index in [0.29, 0.717) is 71.4 Å². The number of hydrogen-bond donors (Lipinski definition) is 0. The number of nitriles is 1. The Morgan fingerprint density at radius 3 is 2.27 bits per heavy atom. The van der Waals surface area contributed by atoms with E-state index in [4.69, 9.17) is 4.98 Å². The van der Waals surface area contributed by atoms with E-state index < -0.39 is 26.9 Å². The van der Waals surface area contributed by atoms with E-state index in [1.807, 2.05) is 30.2 Å². The number of fused-ring (bicyclic) bond motifs is 1. The van der Waals surface area contributed by atoms with Gasteiger partial charge in [0.15, 0.2) is 5.82 Å². The SMILES string of the molecule is CC[C@H]1CN([C@H](c2ccc(S(F)(F)(F)(F)F)cc2)c2nc(C3CC3)cs2)[C@H](CC)CN1c1nc(=O)n(C)c2ccc(C#N)nc12. The van der Waals surface area contributed by atoms with E-state index in [1.165, 1.54) is 15.9 Å². The van der Waals surface area contributed by atoms with Crippen LogP contribution in [0.25, 0.3) is 11.0 Å². The molecule has 15 heteroatoms. The number of hydrogen-bond acceptors (Lipinski definition) is 8. The van der Waals surface area contributed by atoms with Crippen LogP contribution >= 0.6 is 21.6 Å². The summed E-state index contributed by atoms with van der Waals surface area (Å²) in [6.07, 6.45) is 3.32. The number of thiazole rings is 1. The molecular formula is C30H32F5N7OS2. The van der Waals surface area contributed by atoms with Crippen LogP contribution in [0.5, 0.6) is 0 Å². The van der Waals surface area contributed by atoms with Crippen LogP contribution in [0.1, 0.15) is 73.4 Å². The Hall–Kier alpha value is -3.61. The molecule has 4 aromatic rings. The molecule has 3 aromatic heterocycles. The lowest BCUT2D eigenvalue weighted by atomic mass is 9.96. The second kappa shape index (κ2) is 10.5. The van der Waals surface area contributed by atoms with Gasteiger partial charge in [-0.05, 0) is 55.5 Å². The molecule has 2 aliphatic rings. The summed E-state index contributed by atoms with van der Waals surface area (Å²) in [6, 6.07) is 7.54. The molecule has 0 N–H and O–H groups in total. The number of rotatable bonds is 8. The minimum absolute atomic E-state index is 0.179. The lowest BCUT2D eigenvalue weighted by molar-refractivity contribution is 0.110. The topological polar surface area (TPSA) is 90.9 Å². The van der Waals surface area contributed by atoms with Crippen molar-refractivity contribution in [3.63, 3.8) is 0 Å². The summed E-state index contributed by atoms with van der Waals surface area (Å²) < 4.78 is 69.4. The highest BCUT2D eigenvalue weighted by atomic mass is 32.5. The Morgan fingerprint density at radius 2 is 1.67 bits per heavy atom. The molecule has 1 aliphatic carbocycles. The van der Waals surface area contributed by atoms with E-state index >= 15 is 0 Å². The van der Waals surface area contributed by atoms with Crippen LogP contribution in [0.15, 0.2) is 51.5 Å². The highest BCUT2D eigenvalue weighted by Crippen LogP contribution is 3.02. The monoisotopic (exact) mass is 665 g/mol. The Morgan fingerprint density at radius 1 is 0.978 bits per heavy atom. The number of anilines is 1. The largest absolute Gasteiger partial charge is 0.349 e. The summed E-state index contributed by atoms with van der Waals surface area (Å²) in [5.41, 5.74) is 2.07. The number of pyridine rings is 1. The van der Waals surface area contributed by atoms with Crippen molar-refractivity contribution in [1.82, 2.24) is 24.4 Å². The van der Waals surface area contributed by atoms with Crippen LogP contribution in [-0.2, 0) is 7.05 Å². The van der Waals surface area contributed by atoms with Crippen LogP contribution in [0.2, 0.25) is 0 Å². The van der Waals surface area contributed by atoms with Crippen molar-refractivity contribution in [2.45, 2.75) is 68.5 Å². The lowest BCUT2D eigenvalue weighted by Gasteiger charge is -2.49. The highest BCUT2D eigenvalue weighted by Gasteiger charge is 2.65. The van der Waals surface area contributed by atoms with Crippen LogP contribution in [0.3, 0.4) is 0 Å². The number of piperazine rings is 1. The summed E-state index contributed by atoms with van der Waals surface area (Å²) in [7, 11) is -8.26. The first-order valence-electron chi connectivity index (χ1n) is 14.7. The fraction of sp³-hybridized carbons (Fsp3) is 0.433. The maximum absolute atomic E-state index is 13.6. The van der Waals surface area contributed by atoms with E-state index in [-0.39, 0.29) is 17.8 Å². The van der Waals surface area contributed by atoms with Gasteiger partial charge in [0.1, 0.15) is 27.2 Å². The first-order chi connectivity index (χ1) is 21.1. The number of aromatic nitrogens is 4. The summed E-state index contributed by atoms with van der Waals surface area (Å²) in [5.74, 6) is 0.733. The minimum Gasteiger partial charge on any atom is -0.349 e. The zero-order valence-electron chi connectivity index (χ0n) is 24.8. The Bertz CT molecular complexity index is 1870. The second-order valence-corrected chi connectivity index (χ2v) is 15.1. The lowest BCUT2D eigenvalue weighted by Crippen LogP contribution is -2.59. The molecule has 0 amide bonds.